The van der Waals surface area contributed by atoms with Gasteiger partial charge in [0, 0.05) is 11.9 Å². The molecule has 7 heteroatoms. The molecule has 0 radical (unpaired) electrons. The van der Waals surface area contributed by atoms with Gasteiger partial charge in [-0.2, -0.15) is 4.98 Å². The van der Waals surface area contributed by atoms with E-state index in [0.29, 0.717) is 6.61 Å². The van der Waals surface area contributed by atoms with Gasteiger partial charge in [0.05, 0.1) is 6.61 Å². The van der Waals surface area contributed by atoms with Crippen LogP contribution in [-0.2, 0) is 9.79 Å². The van der Waals surface area contributed by atoms with Gasteiger partial charge in [-0.3, -0.25) is 4.57 Å². The molecule has 1 aliphatic rings. The maximum absolute atomic E-state index is 11.6. The first kappa shape index (κ1) is 10.5. The number of anilines is 1. The topological polar surface area (TPSA) is 90.4 Å². The van der Waals surface area contributed by atoms with Gasteiger partial charge in [-0.15, -0.1) is 0 Å². The van der Waals surface area contributed by atoms with Crippen molar-refractivity contribution >= 4 is 17.6 Å². The number of aliphatic hydroxyl groups is 1. The highest BCUT2D eigenvalue weighted by Gasteiger charge is 2.38. The van der Waals surface area contributed by atoms with E-state index >= 15 is 0 Å². The maximum Gasteiger partial charge on any atom is 0.352 e. The van der Waals surface area contributed by atoms with E-state index in [4.69, 9.17) is 10.5 Å². The Morgan fingerprint density at radius 2 is 2.60 bits per heavy atom. The molecule has 1 aliphatic heterocycles. The van der Waals surface area contributed by atoms with Crippen LogP contribution in [0.1, 0.15) is 0 Å². The Bertz CT molecular complexity index is 414. The number of nitrogens with zero attached hydrogens (tertiary/aromatic N) is 2. The second kappa shape index (κ2) is 3.84. The summed E-state index contributed by atoms with van der Waals surface area (Å²) in [6.07, 6.45) is 1.49. The fraction of sp³-hybridized carbons (Fsp3) is 0.500. The molecule has 3 N–H and O–H groups in total. The average molecular weight is 229 g/mol. The normalized spacial score (nSPS) is 25.7. The number of hydrogen-bond donors (Lipinski definition) is 2. The molecule has 0 saturated carbocycles. The smallest absolute Gasteiger partial charge is 0.352 e. The molecule has 1 atom stereocenters. The van der Waals surface area contributed by atoms with Crippen molar-refractivity contribution in [2.24, 2.45) is 0 Å². The van der Waals surface area contributed by atoms with Gasteiger partial charge >= 0.3 is 5.69 Å². The fourth-order valence-electron chi connectivity index (χ4n) is 1.43. The number of thioether (sulfide) groups is 1. The first-order valence-corrected chi connectivity index (χ1v) is 5.41. The summed E-state index contributed by atoms with van der Waals surface area (Å²) < 4.78 is 6.66. The highest BCUT2D eigenvalue weighted by atomic mass is 32.2. The lowest BCUT2D eigenvalue weighted by Gasteiger charge is -2.26. The molecule has 1 aromatic rings. The molecule has 1 fully saturated rings. The van der Waals surface area contributed by atoms with Crippen LogP contribution in [0.15, 0.2) is 17.1 Å². The zero-order valence-corrected chi connectivity index (χ0v) is 8.74. The van der Waals surface area contributed by atoms with E-state index in [1.54, 1.807) is 0 Å². The molecule has 2 heterocycles. The molecule has 0 unspecified atom stereocenters. The average Bonchev–Trinajstić information content (AvgIpc) is 2.67. The molecule has 0 aliphatic carbocycles. The van der Waals surface area contributed by atoms with Crippen molar-refractivity contribution in [3.63, 3.8) is 0 Å². The summed E-state index contributed by atoms with van der Waals surface area (Å²) in [6, 6.07) is 1.50. The summed E-state index contributed by atoms with van der Waals surface area (Å²) >= 11 is 1.37. The minimum absolute atomic E-state index is 0.160. The van der Waals surface area contributed by atoms with Crippen molar-refractivity contribution in [2.75, 3.05) is 24.7 Å². The van der Waals surface area contributed by atoms with Crippen molar-refractivity contribution in [1.82, 2.24) is 9.55 Å². The number of nitrogen functional groups attached to an aromatic ring is 1. The van der Waals surface area contributed by atoms with Crippen molar-refractivity contribution in [3.05, 3.63) is 22.7 Å². The van der Waals surface area contributed by atoms with Crippen LogP contribution in [0.4, 0.5) is 5.82 Å². The highest BCUT2D eigenvalue weighted by Crippen LogP contribution is 2.35. The third-order valence-corrected chi connectivity index (χ3v) is 3.40. The van der Waals surface area contributed by atoms with E-state index in [9.17, 15) is 9.90 Å². The number of hydrogen-bond acceptors (Lipinski definition) is 6. The minimum Gasteiger partial charge on any atom is -0.390 e. The van der Waals surface area contributed by atoms with Gasteiger partial charge in [-0.05, 0) is 6.07 Å². The molecule has 2 rings (SSSR count). The Labute approximate surface area is 90.1 Å². The quantitative estimate of drug-likeness (QED) is 0.689. The Hall–Kier alpha value is -1.05. The Kier molecular flexibility index (Phi) is 2.68. The van der Waals surface area contributed by atoms with E-state index in [1.165, 1.54) is 28.6 Å². The Morgan fingerprint density at radius 3 is 3.13 bits per heavy atom. The molecule has 82 valence electrons. The van der Waals surface area contributed by atoms with Gasteiger partial charge in [0.25, 0.3) is 0 Å². The Balaban J connectivity index is 2.47. The van der Waals surface area contributed by atoms with Crippen LogP contribution in [0.3, 0.4) is 0 Å². The summed E-state index contributed by atoms with van der Waals surface area (Å²) in [5, 5.41) is 8.27. The molecule has 0 amide bonds. The third-order valence-electron chi connectivity index (χ3n) is 2.13. The summed E-state index contributed by atoms with van der Waals surface area (Å²) in [6.45, 7) is 0.227. The number of aromatic nitrogens is 2. The Morgan fingerprint density at radius 1 is 1.80 bits per heavy atom. The lowest BCUT2D eigenvalue weighted by molar-refractivity contribution is -0.0491. The van der Waals surface area contributed by atoms with E-state index in [1.807, 2.05) is 0 Å². The SMILES string of the molecule is Nc1ccn([C@]2(CO)OCCS2)c(=O)n1. The largest absolute Gasteiger partial charge is 0.390 e. The van der Waals surface area contributed by atoms with Crippen LogP contribution in [-0.4, -0.2) is 33.6 Å². The zero-order chi connectivity index (χ0) is 10.9. The first-order chi connectivity index (χ1) is 7.18. The number of ether oxygens (including phenoxy) is 1. The number of aliphatic hydroxyl groups excluding tert-OH is 1. The molecule has 6 nitrogen and oxygen atoms in total. The monoisotopic (exact) mass is 229 g/mol. The lowest BCUT2D eigenvalue weighted by atomic mass is 10.5. The van der Waals surface area contributed by atoms with Gasteiger partial charge in [0.2, 0.25) is 5.06 Å². The van der Waals surface area contributed by atoms with Crippen molar-refractivity contribution < 1.29 is 9.84 Å². The molecular formula is C8H11N3O3S. The van der Waals surface area contributed by atoms with E-state index < -0.39 is 10.7 Å². The number of nitrogens with two attached hydrogens (primary N) is 1. The summed E-state index contributed by atoms with van der Waals surface area (Å²) in [5.74, 6) is 0.893. The van der Waals surface area contributed by atoms with Crippen LogP contribution in [0.2, 0.25) is 0 Å². The summed E-state index contributed by atoms with van der Waals surface area (Å²) in [7, 11) is 0. The van der Waals surface area contributed by atoms with E-state index in [0.717, 1.165) is 5.75 Å². The maximum atomic E-state index is 11.6. The van der Waals surface area contributed by atoms with Gasteiger partial charge in [0.15, 0.2) is 0 Å². The fourth-order valence-corrected chi connectivity index (χ4v) is 2.45. The van der Waals surface area contributed by atoms with Gasteiger partial charge in [-0.25, -0.2) is 4.79 Å². The van der Waals surface area contributed by atoms with Crippen LogP contribution in [0, 0.1) is 0 Å². The lowest BCUT2D eigenvalue weighted by Crippen LogP contribution is -2.42. The third kappa shape index (κ3) is 1.73. The van der Waals surface area contributed by atoms with Gasteiger partial charge in [0.1, 0.15) is 12.4 Å². The molecular weight excluding hydrogens is 218 g/mol. The first-order valence-electron chi connectivity index (χ1n) is 4.42. The van der Waals surface area contributed by atoms with Crippen molar-refractivity contribution in [1.29, 1.82) is 0 Å². The van der Waals surface area contributed by atoms with Crippen molar-refractivity contribution in [2.45, 2.75) is 5.06 Å². The zero-order valence-electron chi connectivity index (χ0n) is 7.92. The predicted molar refractivity (Wildman–Crippen MR) is 56.4 cm³/mol. The van der Waals surface area contributed by atoms with E-state index in [-0.39, 0.29) is 12.4 Å². The second-order valence-electron chi connectivity index (χ2n) is 3.07. The molecule has 0 bridgehead atoms. The molecule has 15 heavy (non-hydrogen) atoms. The standard InChI is InChI=1S/C8H11N3O3S/c9-6-1-2-11(7(13)10-6)8(5-12)14-3-4-15-8/h1-2,12H,3-5H2,(H2,9,10,13)/t8-/m1/s1. The number of rotatable bonds is 2. The van der Waals surface area contributed by atoms with Crippen molar-refractivity contribution in [3.8, 4) is 0 Å². The minimum atomic E-state index is -1.03. The van der Waals surface area contributed by atoms with Gasteiger partial charge < -0.3 is 15.6 Å². The molecule has 1 saturated heterocycles. The van der Waals surface area contributed by atoms with E-state index in [2.05, 4.69) is 4.98 Å². The van der Waals surface area contributed by atoms with Gasteiger partial charge in [-0.1, -0.05) is 11.8 Å². The molecule has 0 spiro atoms. The molecule has 0 aromatic carbocycles. The van der Waals surface area contributed by atoms with Crippen LogP contribution in [0.25, 0.3) is 0 Å². The molecule has 1 aromatic heterocycles. The van der Waals surface area contributed by atoms with Crippen LogP contribution >= 0.6 is 11.8 Å². The highest BCUT2D eigenvalue weighted by molar-refractivity contribution is 8.00. The second-order valence-corrected chi connectivity index (χ2v) is 4.41. The predicted octanol–water partition coefficient (Wildman–Crippen LogP) is -0.809. The van der Waals surface area contributed by atoms with Crippen LogP contribution < -0.4 is 11.4 Å². The van der Waals surface area contributed by atoms with Crippen LogP contribution in [0.5, 0.6) is 0 Å². The summed E-state index contributed by atoms with van der Waals surface area (Å²) in [5.41, 5.74) is 4.86. The summed E-state index contributed by atoms with van der Waals surface area (Å²) in [4.78, 5) is 15.2.